The minimum atomic E-state index is -0.334. The summed E-state index contributed by atoms with van der Waals surface area (Å²) in [4.78, 5) is 24.9. The lowest BCUT2D eigenvalue weighted by Crippen LogP contribution is -2.49. The average molecular weight is 273 g/mol. The molecule has 1 saturated heterocycles. The molecule has 1 fully saturated rings. The number of Topliss-reactive ketones (excluding diaryl/α,β-unsaturated/α-hetero) is 1. The van der Waals surface area contributed by atoms with Gasteiger partial charge in [0.1, 0.15) is 5.78 Å². The van der Waals surface area contributed by atoms with Crippen molar-refractivity contribution >= 4 is 11.8 Å². The number of hydrogen-bond acceptors (Lipinski definition) is 6. The van der Waals surface area contributed by atoms with Crippen molar-refractivity contribution in [3.63, 3.8) is 0 Å². The predicted octanol–water partition coefficient (Wildman–Crippen LogP) is -0.0196. The molecule has 1 aliphatic heterocycles. The molecule has 1 rings (SSSR count). The molecule has 0 amide bonds. The third kappa shape index (κ3) is 6.13. The van der Waals surface area contributed by atoms with Crippen molar-refractivity contribution in [2.75, 3.05) is 32.8 Å². The van der Waals surface area contributed by atoms with E-state index in [1.165, 1.54) is 0 Å². The van der Waals surface area contributed by atoms with Crippen LogP contribution in [0.3, 0.4) is 0 Å². The number of ether oxygens (including phenoxy) is 2. The monoisotopic (exact) mass is 273 g/mol. The maximum Gasteiger partial charge on any atom is 0.306 e. The van der Waals surface area contributed by atoms with E-state index in [4.69, 9.17) is 14.6 Å². The van der Waals surface area contributed by atoms with Gasteiger partial charge in [0.15, 0.2) is 0 Å². The molecule has 0 spiro atoms. The van der Waals surface area contributed by atoms with Crippen LogP contribution in [0.4, 0.5) is 0 Å². The molecule has 0 aromatic heterocycles. The predicted molar refractivity (Wildman–Crippen MR) is 68.7 cm³/mol. The molecule has 0 saturated carbocycles. The number of hydrogen-bond donors (Lipinski definition) is 1. The fourth-order valence-electron chi connectivity index (χ4n) is 2.17. The first-order chi connectivity index (χ1) is 9.05. The molecule has 0 aliphatic carbocycles. The van der Waals surface area contributed by atoms with Gasteiger partial charge < -0.3 is 14.6 Å². The first-order valence-corrected chi connectivity index (χ1v) is 6.71. The van der Waals surface area contributed by atoms with Gasteiger partial charge in [0.25, 0.3) is 0 Å². The molecule has 110 valence electrons. The summed E-state index contributed by atoms with van der Waals surface area (Å²) in [7, 11) is 0. The summed E-state index contributed by atoms with van der Waals surface area (Å²) in [6.45, 7) is 5.46. The van der Waals surface area contributed by atoms with Gasteiger partial charge in [0, 0.05) is 19.5 Å². The first kappa shape index (κ1) is 16.1. The van der Waals surface area contributed by atoms with Gasteiger partial charge in [-0.2, -0.15) is 0 Å². The number of morpholine rings is 1. The number of ketones is 1. The maximum atomic E-state index is 11.8. The molecular weight excluding hydrogens is 250 g/mol. The van der Waals surface area contributed by atoms with Gasteiger partial charge in [-0.15, -0.1) is 0 Å². The molecule has 2 atom stereocenters. The number of aliphatic hydroxyl groups excluding tert-OH is 1. The SMILES string of the molecule is CCOC(=O)CCC(=O)CN1CC(C)OC(CO)C1. The zero-order valence-electron chi connectivity index (χ0n) is 11.6. The highest BCUT2D eigenvalue weighted by atomic mass is 16.5. The molecule has 0 bridgehead atoms. The van der Waals surface area contributed by atoms with Crippen LogP contribution in [0, 0.1) is 0 Å². The zero-order valence-corrected chi connectivity index (χ0v) is 11.6. The fraction of sp³-hybridized carbons (Fsp3) is 0.846. The highest BCUT2D eigenvalue weighted by Crippen LogP contribution is 2.11. The Morgan fingerprint density at radius 1 is 1.37 bits per heavy atom. The topological polar surface area (TPSA) is 76.1 Å². The van der Waals surface area contributed by atoms with Crippen molar-refractivity contribution in [1.29, 1.82) is 0 Å². The second kappa shape index (κ2) is 8.24. The zero-order chi connectivity index (χ0) is 14.3. The van der Waals surface area contributed by atoms with Crippen molar-refractivity contribution < 1.29 is 24.2 Å². The van der Waals surface area contributed by atoms with Crippen LogP contribution in [-0.4, -0.2) is 66.8 Å². The van der Waals surface area contributed by atoms with Gasteiger partial charge in [-0.05, 0) is 13.8 Å². The van der Waals surface area contributed by atoms with Crippen LogP contribution in [0.25, 0.3) is 0 Å². The summed E-state index contributed by atoms with van der Waals surface area (Å²) in [5.74, 6) is -0.321. The number of carbonyl (C=O) groups is 2. The number of rotatable bonds is 7. The smallest absolute Gasteiger partial charge is 0.306 e. The van der Waals surface area contributed by atoms with Crippen molar-refractivity contribution in [1.82, 2.24) is 4.90 Å². The van der Waals surface area contributed by atoms with Crippen molar-refractivity contribution in [2.24, 2.45) is 0 Å². The van der Waals surface area contributed by atoms with Crippen LogP contribution in [0.15, 0.2) is 0 Å². The molecule has 0 radical (unpaired) electrons. The Labute approximate surface area is 113 Å². The summed E-state index contributed by atoms with van der Waals surface area (Å²) < 4.78 is 10.3. The van der Waals surface area contributed by atoms with Gasteiger partial charge in [0.2, 0.25) is 0 Å². The van der Waals surface area contributed by atoms with E-state index in [1.54, 1.807) is 6.92 Å². The largest absolute Gasteiger partial charge is 0.466 e. The van der Waals surface area contributed by atoms with Crippen molar-refractivity contribution in [2.45, 2.75) is 38.9 Å². The molecule has 0 aromatic rings. The van der Waals surface area contributed by atoms with E-state index in [1.807, 2.05) is 11.8 Å². The normalized spacial score (nSPS) is 24.2. The third-order valence-electron chi connectivity index (χ3n) is 2.92. The van der Waals surface area contributed by atoms with E-state index < -0.39 is 0 Å². The average Bonchev–Trinajstić information content (AvgIpc) is 2.36. The van der Waals surface area contributed by atoms with Crippen LogP contribution in [0.1, 0.15) is 26.7 Å². The highest BCUT2D eigenvalue weighted by Gasteiger charge is 2.25. The van der Waals surface area contributed by atoms with Gasteiger partial charge in [-0.1, -0.05) is 0 Å². The Kier molecular flexibility index (Phi) is 6.97. The van der Waals surface area contributed by atoms with Crippen molar-refractivity contribution in [3.8, 4) is 0 Å². The van der Waals surface area contributed by atoms with Gasteiger partial charge in [0.05, 0.1) is 38.4 Å². The molecule has 2 unspecified atom stereocenters. The Morgan fingerprint density at radius 3 is 2.74 bits per heavy atom. The Morgan fingerprint density at radius 2 is 2.11 bits per heavy atom. The molecule has 6 heteroatoms. The lowest BCUT2D eigenvalue weighted by molar-refractivity contribution is -0.144. The van der Waals surface area contributed by atoms with E-state index in [9.17, 15) is 9.59 Å². The highest BCUT2D eigenvalue weighted by molar-refractivity contribution is 5.84. The van der Waals surface area contributed by atoms with Gasteiger partial charge >= 0.3 is 5.97 Å². The summed E-state index contributed by atoms with van der Waals surface area (Å²) in [5, 5.41) is 9.10. The van der Waals surface area contributed by atoms with E-state index in [2.05, 4.69) is 0 Å². The lowest BCUT2D eigenvalue weighted by atomic mass is 10.1. The third-order valence-corrected chi connectivity index (χ3v) is 2.92. The Bertz CT molecular complexity index is 307. The minimum absolute atomic E-state index is 0.00348. The molecular formula is C13H23NO5. The molecule has 19 heavy (non-hydrogen) atoms. The van der Waals surface area contributed by atoms with Crippen molar-refractivity contribution in [3.05, 3.63) is 0 Å². The lowest BCUT2D eigenvalue weighted by Gasteiger charge is -2.35. The number of esters is 1. The van der Waals surface area contributed by atoms with Crippen LogP contribution >= 0.6 is 0 Å². The van der Waals surface area contributed by atoms with Crippen LogP contribution < -0.4 is 0 Å². The summed E-state index contributed by atoms with van der Waals surface area (Å²) in [6, 6.07) is 0. The van der Waals surface area contributed by atoms with Crippen LogP contribution in [0.5, 0.6) is 0 Å². The summed E-state index contributed by atoms with van der Waals surface area (Å²) in [5.41, 5.74) is 0. The molecule has 0 aromatic carbocycles. The summed E-state index contributed by atoms with van der Waals surface area (Å²) in [6.07, 6.45) is 0.107. The van der Waals surface area contributed by atoms with E-state index in [0.29, 0.717) is 26.2 Å². The maximum absolute atomic E-state index is 11.8. The summed E-state index contributed by atoms with van der Waals surface area (Å²) >= 11 is 0. The first-order valence-electron chi connectivity index (χ1n) is 6.71. The van der Waals surface area contributed by atoms with Crippen LogP contribution in [-0.2, 0) is 19.1 Å². The number of aliphatic hydroxyl groups is 1. The quantitative estimate of drug-likeness (QED) is 0.657. The van der Waals surface area contributed by atoms with Gasteiger partial charge in [-0.3, -0.25) is 14.5 Å². The fourth-order valence-corrected chi connectivity index (χ4v) is 2.17. The van der Waals surface area contributed by atoms with E-state index >= 15 is 0 Å². The molecule has 1 N–H and O–H groups in total. The Balaban J connectivity index is 2.29. The van der Waals surface area contributed by atoms with E-state index in [0.717, 1.165) is 0 Å². The second-order valence-corrected chi connectivity index (χ2v) is 4.79. The van der Waals surface area contributed by atoms with E-state index in [-0.39, 0.29) is 43.4 Å². The minimum Gasteiger partial charge on any atom is -0.466 e. The second-order valence-electron chi connectivity index (χ2n) is 4.79. The van der Waals surface area contributed by atoms with Gasteiger partial charge in [-0.25, -0.2) is 0 Å². The van der Waals surface area contributed by atoms with Crippen LogP contribution in [0.2, 0.25) is 0 Å². The standard InChI is InChI=1S/C13H23NO5/c1-3-18-13(17)5-4-11(16)7-14-6-10(2)19-12(8-14)9-15/h10,12,15H,3-9H2,1-2H3. The number of nitrogens with zero attached hydrogens (tertiary/aromatic N) is 1. The number of carbonyl (C=O) groups excluding carboxylic acids is 2. The molecule has 6 nitrogen and oxygen atoms in total. The Hall–Kier alpha value is -0.980. The molecule has 1 heterocycles. The molecule has 1 aliphatic rings.